The van der Waals surface area contributed by atoms with Gasteiger partial charge in [-0.05, 0) is 46.4 Å². The Balaban J connectivity index is 1.57. The van der Waals surface area contributed by atoms with E-state index >= 15 is 0 Å². The second-order valence-corrected chi connectivity index (χ2v) is 6.04. The fraction of sp³-hybridized carbons (Fsp3) is 0.0952. The van der Waals surface area contributed by atoms with Crippen molar-refractivity contribution in [2.45, 2.75) is 12.8 Å². The van der Waals surface area contributed by atoms with Crippen molar-refractivity contribution in [1.29, 1.82) is 0 Å². The van der Waals surface area contributed by atoms with Crippen LogP contribution in [0.15, 0.2) is 72.8 Å². The maximum absolute atomic E-state index is 12.3. The molecular formula is C21H17NO2. The van der Waals surface area contributed by atoms with Crippen molar-refractivity contribution in [3.63, 3.8) is 0 Å². The monoisotopic (exact) mass is 315 g/mol. The number of fused-ring (bicyclic) bond motifs is 3. The van der Waals surface area contributed by atoms with Gasteiger partial charge in [0.25, 0.3) is 5.91 Å². The highest BCUT2D eigenvalue weighted by molar-refractivity contribution is 5.93. The third-order valence-electron chi connectivity index (χ3n) is 4.46. The van der Waals surface area contributed by atoms with Gasteiger partial charge in [0.15, 0.2) is 0 Å². The van der Waals surface area contributed by atoms with Crippen molar-refractivity contribution < 1.29 is 10.0 Å². The van der Waals surface area contributed by atoms with E-state index in [0.29, 0.717) is 5.69 Å². The number of amides is 1. The van der Waals surface area contributed by atoms with Crippen molar-refractivity contribution in [1.82, 2.24) is 0 Å². The number of carbonyl (C=O) groups is 1. The van der Waals surface area contributed by atoms with E-state index in [0.717, 1.165) is 22.6 Å². The Hall–Kier alpha value is -2.91. The molecular weight excluding hydrogens is 298 g/mol. The molecule has 0 aromatic heterocycles. The molecule has 3 aromatic rings. The summed E-state index contributed by atoms with van der Waals surface area (Å²) in [5.74, 6) is -0.336. The zero-order chi connectivity index (χ0) is 16.5. The summed E-state index contributed by atoms with van der Waals surface area (Å²) in [5, 5.41) is 11.0. The highest BCUT2D eigenvalue weighted by atomic mass is 16.5. The maximum Gasteiger partial charge on any atom is 0.255 e. The standard InChI is InChI=1S/C21H17NO2/c23-21(12-15-6-2-1-3-7-15)22(24)18-10-11-20-17(14-18)13-16-8-4-5-9-19(16)20/h1-11,14,24H,12-13H2. The molecule has 1 amide bonds. The van der Waals surface area contributed by atoms with Gasteiger partial charge in [-0.1, -0.05) is 60.7 Å². The molecule has 0 atom stereocenters. The van der Waals surface area contributed by atoms with Crippen LogP contribution in [0, 0.1) is 0 Å². The largest absolute Gasteiger partial charge is 0.281 e. The Morgan fingerprint density at radius 3 is 2.42 bits per heavy atom. The summed E-state index contributed by atoms with van der Waals surface area (Å²) >= 11 is 0. The molecule has 1 N–H and O–H groups in total. The molecule has 118 valence electrons. The van der Waals surface area contributed by atoms with Gasteiger partial charge in [0.05, 0.1) is 12.1 Å². The van der Waals surface area contributed by atoms with Crippen LogP contribution in [0.5, 0.6) is 0 Å². The second-order valence-electron chi connectivity index (χ2n) is 6.04. The van der Waals surface area contributed by atoms with Crippen LogP contribution in [0.3, 0.4) is 0 Å². The quantitative estimate of drug-likeness (QED) is 0.454. The Kier molecular flexibility index (Phi) is 3.63. The molecule has 0 saturated heterocycles. The molecule has 1 aliphatic carbocycles. The van der Waals surface area contributed by atoms with Crippen LogP contribution in [0.4, 0.5) is 5.69 Å². The van der Waals surface area contributed by atoms with Gasteiger partial charge in [-0.3, -0.25) is 10.0 Å². The summed E-state index contributed by atoms with van der Waals surface area (Å²) in [4.78, 5) is 12.3. The van der Waals surface area contributed by atoms with Crippen molar-refractivity contribution in [2.75, 3.05) is 5.06 Å². The van der Waals surface area contributed by atoms with E-state index in [-0.39, 0.29) is 12.3 Å². The summed E-state index contributed by atoms with van der Waals surface area (Å²) in [5.41, 5.74) is 6.24. The van der Waals surface area contributed by atoms with Crippen molar-refractivity contribution >= 4 is 11.6 Å². The smallest absolute Gasteiger partial charge is 0.255 e. The van der Waals surface area contributed by atoms with Gasteiger partial charge in [0.2, 0.25) is 0 Å². The molecule has 3 nitrogen and oxygen atoms in total. The maximum atomic E-state index is 12.3. The fourth-order valence-electron chi connectivity index (χ4n) is 3.25. The third-order valence-corrected chi connectivity index (χ3v) is 4.46. The first-order valence-electron chi connectivity index (χ1n) is 7.99. The molecule has 0 heterocycles. The first-order valence-corrected chi connectivity index (χ1v) is 7.99. The van der Waals surface area contributed by atoms with Gasteiger partial charge in [0.1, 0.15) is 0 Å². The van der Waals surface area contributed by atoms with Crippen LogP contribution in [0.25, 0.3) is 11.1 Å². The molecule has 0 saturated carbocycles. The first-order chi connectivity index (χ1) is 11.7. The third kappa shape index (κ3) is 2.59. The van der Waals surface area contributed by atoms with Crippen molar-refractivity contribution in [2.24, 2.45) is 0 Å². The van der Waals surface area contributed by atoms with E-state index in [4.69, 9.17) is 0 Å². The number of hydrogen-bond donors (Lipinski definition) is 1. The number of carbonyl (C=O) groups excluding carboxylic acids is 1. The molecule has 0 unspecified atom stereocenters. The highest BCUT2D eigenvalue weighted by Gasteiger charge is 2.20. The predicted molar refractivity (Wildman–Crippen MR) is 94.1 cm³/mol. The van der Waals surface area contributed by atoms with Gasteiger partial charge < -0.3 is 0 Å². The SMILES string of the molecule is O=C(Cc1ccccc1)N(O)c1ccc2c(c1)Cc1ccccc1-2. The zero-order valence-corrected chi connectivity index (χ0v) is 13.1. The van der Waals surface area contributed by atoms with E-state index in [1.807, 2.05) is 54.6 Å². The summed E-state index contributed by atoms with van der Waals surface area (Å²) in [6.07, 6.45) is 1.01. The average Bonchev–Trinajstić information content (AvgIpc) is 2.99. The minimum Gasteiger partial charge on any atom is -0.281 e. The lowest BCUT2D eigenvalue weighted by atomic mass is 10.1. The summed E-state index contributed by atoms with van der Waals surface area (Å²) in [6.45, 7) is 0. The van der Waals surface area contributed by atoms with Crippen molar-refractivity contribution in [3.05, 3.63) is 89.5 Å². The van der Waals surface area contributed by atoms with E-state index in [9.17, 15) is 10.0 Å². The van der Waals surface area contributed by atoms with Gasteiger partial charge >= 0.3 is 0 Å². The van der Waals surface area contributed by atoms with Crippen LogP contribution in [0.2, 0.25) is 0 Å². The molecule has 0 spiro atoms. The van der Waals surface area contributed by atoms with Gasteiger partial charge in [0, 0.05) is 0 Å². The number of benzene rings is 3. The molecule has 3 heteroatoms. The molecule has 0 radical (unpaired) electrons. The van der Waals surface area contributed by atoms with E-state index in [1.165, 1.54) is 16.7 Å². The molecule has 0 bridgehead atoms. The Labute approximate surface area is 140 Å². The van der Waals surface area contributed by atoms with E-state index in [1.54, 1.807) is 6.07 Å². The summed E-state index contributed by atoms with van der Waals surface area (Å²) in [7, 11) is 0. The fourth-order valence-corrected chi connectivity index (χ4v) is 3.25. The van der Waals surface area contributed by atoms with Crippen LogP contribution in [0.1, 0.15) is 16.7 Å². The van der Waals surface area contributed by atoms with Gasteiger partial charge in [-0.15, -0.1) is 0 Å². The molecule has 4 rings (SSSR count). The number of hydrogen-bond acceptors (Lipinski definition) is 2. The van der Waals surface area contributed by atoms with Crippen molar-refractivity contribution in [3.8, 4) is 11.1 Å². The Morgan fingerprint density at radius 1 is 0.875 bits per heavy atom. The molecule has 3 aromatic carbocycles. The van der Waals surface area contributed by atoms with Crippen LogP contribution < -0.4 is 5.06 Å². The molecule has 24 heavy (non-hydrogen) atoms. The van der Waals surface area contributed by atoms with E-state index in [2.05, 4.69) is 12.1 Å². The average molecular weight is 315 g/mol. The Morgan fingerprint density at radius 2 is 1.58 bits per heavy atom. The topological polar surface area (TPSA) is 40.5 Å². The lowest BCUT2D eigenvalue weighted by Crippen LogP contribution is -2.28. The lowest BCUT2D eigenvalue weighted by molar-refractivity contribution is -0.122. The zero-order valence-electron chi connectivity index (χ0n) is 13.1. The number of rotatable bonds is 3. The normalized spacial score (nSPS) is 11.7. The minimum absolute atomic E-state index is 0.175. The van der Waals surface area contributed by atoms with E-state index < -0.39 is 0 Å². The van der Waals surface area contributed by atoms with Gasteiger partial charge in [-0.25, -0.2) is 0 Å². The lowest BCUT2D eigenvalue weighted by Gasteiger charge is -2.16. The summed E-state index contributed by atoms with van der Waals surface area (Å²) in [6, 6.07) is 23.4. The number of nitrogens with zero attached hydrogens (tertiary/aromatic N) is 1. The molecule has 1 aliphatic rings. The number of anilines is 1. The molecule has 0 fully saturated rings. The highest BCUT2D eigenvalue weighted by Crippen LogP contribution is 2.38. The van der Waals surface area contributed by atoms with Crippen LogP contribution >= 0.6 is 0 Å². The summed E-state index contributed by atoms with van der Waals surface area (Å²) < 4.78 is 0. The van der Waals surface area contributed by atoms with Crippen LogP contribution in [-0.2, 0) is 17.6 Å². The first kappa shape index (κ1) is 14.7. The predicted octanol–water partition coefficient (Wildman–Crippen LogP) is 4.22. The van der Waals surface area contributed by atoms with Gasteiger partial charge in [-0.2, -0.15) is 5.06 Å². The van der Waals surface area contributed by atoms with Crippen LogP contribution in [-0.4, -0.2) is 11.1 Å². The minimum atomic E-state index is -0.336. The second kappa shape index (κ2) is 5.95. The Bertz CT molecular complexity index is 903. The number of hydroxylamine groups is 1. The molecule has 0 aliphatic heterocycles.